The van der Waals surface area contributed by atoms with Crippen molar-refractivity contribution >= 4 is 5.78 Å². The third-order valence-electron chi connectivity index (χ3n) is 4.14. The lowest BCUT2D eigenvalue weighted by Crippen LogP contribution is -2.15. The van der Waals surface area contributed by atoms with Crippen LogP contribution < -0.4 is 0 Å². The Balaban J connectivity index is 2.48. The van der Waals surface area contributed by atoms with Crippen molar-refractivity contribution in [2.24, 2.45) is 5.92 Å². The Morgan fingerprint density at radius 1 is 1.05 bits per heavy atom. The van der Waals surface area contributed by atoms with Crippen LogP contribution in [0.2, 0.25) is 0 Å². The average Bonchev–Trinajstić information content (AvgIpc) is 2.91. The highest BCUT2D eigenvalue weighted by Gasteiger charge is 2.21. The van der Waals surface area contributed by atoms with Crippen molar-refractivity contribution < 1.29 is 4.79 Å². The molecule has 1 aromatic heterocycles. The van der Waals surface area contributed by atoms with Gasteiger partial charge in [0.15, 0.2) is 5.78 Å². The lowest BCUT2D eigenvalue weighted by atomic mass is 9.89. The van der Waals surface area contributed by atoms with Gasteiger partial charge in [-0.15, -0.1) is 0 Å². The molecule has 0 amide bonds. The molecule has 0 saturated heterocycles. The molecule has 21 heavy (non-hydrogen) atoms. The van der Waals surface area contributed by atoms with E-state index in [1.807, 2.05) is 13.0 Å². The second-order valence-electron chi connectivity index (χ2n) is 6.20. The van der Waals surface area contributed by atoms with Crippen LogP contribution in [0, 0.1) is 12.8 Å². The third kappa shape index (κ3) is 6.92. The molecule has 120 valence electrons. The summed E-state index contributed by atoms with van der Waals surface area (Å²) in [5.41, 5.74) is 1.59. The summed E-state index contributed by atoms with van der Waals surface area (Å²) in [7, 11) is 0. The minimum atomic E-state index is 0.167. The van der Waals surface area contributed by atoms with Gasteiger partial charge in [-0.2, -0.15) is 5.10 Å². The number of aromatic amines is 1. The molecule has 1 heterocycles. The quantitative estimate of drug-likeness (QED) is 0.411. The Morgan fingerprint density at radius 3 is 2.19 bits per heavy atom. The number of aromatic nitrogens is 2. The Bertz CT molecular complexity index is 398. The molecule has 0 aromatic carbocycles. The number of carbonyl (C=O) groups excluding carboxylic acids is 1. The number of rotatable bonds is 12. The number of unbranched alkanes of at least 4 members (excludes halogenated alkanes) is 6. The van der Waals surface area contributed by atoms with Gasteiger partial charge in [-0.3, -0.25) is 9.89 Å². The van der Waals surface area contributed by atoms with Crippen molar-refractivity contribution in [3.63, 3.8) is 0 Å². The van der Waals surface area contributed by atoms with Crippen molar-refractivity contribution in [2.75, 3.05) is 0 Å². The maximum atomic E-state index is 12.6. The zero-order chi connectivity index (χ0) is 15.5. The molecule has 0 fully saturated rings. The van der Waals surface area contributed by atoms with E-state index in [4.69, 9.17) is 0 Å². The van der Waals surface area contributed by atoms with Crippen molar-refractivity contribution in [1.82, 2.24) is 10.2 Å². The summed E-state index contributed by atoms with van der Waals surface area (Å²) in [6, 6.07) is 1.88. The highest BCUT2D eigenvalue weighted by Crippen LogP contribution is 2.22. The summed E-state index contributed by atoms with van der Waals surface area (Å²) in [5, 5.41) is 7.03. The molecule has 0 radical (unpaired) electrons. The number of aryl methyl sites for hydroxylation is 1. The first kappa shape index (κ1) is 17.9. The Kier molecular flexibility index (Phi) is 9.04. The zero-order valence-electron chi connectivity index (χ0n) is 14.1. The van der Waals surface area contributed by atoms with E-state index in [2.05, 4.69) is 24.0 Å². The Labute approximate surface area is 129 Å². The number of Topliss-reactive ketones (excluding diaryl/α,β-unsaturated/α-hetero) is 1. The molecule has 0 saturated carbocycles. The second kappa shape index (κ2) is 10.6. The first-order chi connectivity index (χ1) is 10.2. The lowest BCUT2D eigenvalue weighted by molar-refractivity contribution is 0.0896. The number of hydrogen-bond acceptors (Lipinski definition) is 2. The minimum Gasteiger partial charge on any atom is -0.292 e. The fraction of sp³-hybridized carbons (Fsp3) is 0.778. The zero-order valence-corrected chi connectivity index (χ0v) is 14.1. The molecule has 0 bridgehead atoms. The van der Waals surface area contributed by atoms with Crippen LogP contribution in [0.5, 0.6) is 0 Å². The van der Waals surface area contributed by atoms with E-state index >= 15 is 0 Å². The van der Waals surface area contributed by atoms with E-state index < -0.39 is 0 Å². The highest BCUT2D eigenvalue weighted by atomic mass is 16.1. The number of ketones is 1. The van der Waals surface area contributed by atoms with Gasteiger partial charge in [0, 0.05) is 11.6 Å². The van der Waals surface area contributed by atoms with Crippen molar-refractivity contribution in [3.05, 3.63) is 17.5 Å². The molecule has 3 heteroatoms. The summed E-state index contributed by atoms with van der Waals surface area (Å²) >= 11 is 0. The standard InChI is InChI=1S/C18H32N2O/c1-4-6-8-9-11-13-16(12-10-7-5-2)18(21)17-14-15(3)19-20-17/h14,16H,4-13H2,1-3H3,(H,19,20). The molecule has 3 nitrogen and oxygen atoms in total. The molecule has 1 unspecified atom stereocenters. The SMILES string of the molecule is CCCCCCCC(CCCCC)C(=O)c1cc(C)[nH]n1. The summed E-state index contributed by atoms with van der Waals surface area (Å²) in [5.74, 6) is 0.409. The summed E-state index contributed by atoms with van der Waals surface area (Å²) in [4.78, 5) is 12.6. The number of H-pyrrole nitrogens is 1. The van der Waals surface area contributed by atoms with Crippen LogP contribution in [0.25, 0.3) is 0 Å². The van der Waals surface area contributed by atoms with E-state index in [-0.39, 0.29) is 11.7 Å². The van der Waals surface area contributed by atoms with Crippen LogP contribution in [0.3, 0.4) is 0 Å². The number of carbonyl (C=O) groups is 1. The molecule has 0 spiro atoms. The van der Waals surface area contributed by atoms with Gasteiger partial charge in [0.1, 0.15) is 5.69 Å². The van der Waals surface area contributed by atoms with Crippen molar-refractivity contribution in [1.29, 1.82) is 0 Å². The van der Waals surface area contributed by atoms with Crippen LogP contribution in [0.15, 0.2) is 6.07 Å². The topological polar surface area (TPSA) is 45.8 Å². The van der Waals surface area contributed by atoms with Gasteiger partial charge < -0.3 is 0 Å². The lowest BCUT2D eigenvalue weighted by Gasteiger charge is -2.14. The first-order valence-electron chi connectivity index (χ1n) is 8.75. The van der Waals surface area contributed by atoms with Gasteiger partial charge in [-0.25, -0.2) is 0 Å². The normalized spacial score (nSPS) is 12.5. The minimum absolute atomic E-state index is 0.167. The molecule has 0 aliphatic heterocycles. The largest absolute Gasteiger partial charge is 0.292 e. The summed E-state index contributed by atoms with van der Waals surface area (Å²) in [6.07, 6.45) is 11.9. The van der Waals surface area contributed by atoms with Crippen LogP contribution >= 0.6 is 0 Å². The van der Waals surface area contributed by atoms with Gasteiger partial charge in [-0.05, 0) is 25.8 Å². The summed E-state index contributed by atoms with van der Waals surface area (Å²) < 4.78 is 0. The smallest absolute Gasteiger partial charge is 0.186 e. The fourth-order valence-corrected chi connectivity index (χ4v) is 2.79. The van der Waals surface area contributed by atoms with Crippen molar-refractivity contribution in [3.8, 4) is 0 Å². The van der Waals surface area contributed by atoms with Gasteiger partial charge in [0.05, 0.1) is 0 Å². The van der Waals surface area contributed by atoms with Crippen LogP contribution in [-0.2, 0) is 0 Å². The van der Waals surface area contributed by atoms with Gasteiger partial charge in [0.25, 0.3) is 0 Å². The van der Waals surface area contributed by atoms with Crippen molar-refractivity contribution in [2.45, 2.75) is 85.0 Å². The molecule has 1 rings (SSSR count). The Morgan fingerprint density at radius 2 is 1.62 bits per heavy atom. The molecule has 1 aromatic rings. The van der Waals surface area contributed by atoms with Gasteiger partial charge in [-0.1, -0.05) is 65.2 Å². The number of nitrogens with one attached hydrogen (secondary N) is 1. The fourth-order valence-electron chi connectivity index (χ4n) is 2.79. The average molecular weight is 292 g/mol. The van der Waals surface area contributed by atoms with E-state index in [1.54, 1.807) is 0 Å². The van der Waals surface area contributed by atoms with Crippen LogP contribution in [0.1, 0.15) is 94.2 Å². The third-order valence-corrected chi connectivity index (χ3v) is 4.14. The predicted octanol–water partition coefficient (Wildman–Crippen LogP) is 5.46. The number of nitrogens with zero attached hydrogens (tertiary/aromatic N) is 1. The molecule has 0 aliphatic carbocycles. The summed E-state index contributed by atoms with van der Waals surface area (Å²) in [6.45, 7) is 6.39. The number of hydrogen-bond donors (Lipinski definition) is 1. The van der Waals surface area contributed by atoms with Crippen LogP contribution in [-0.4, -0.2) is 16.0 Å². The van der Waals surface area contributed by atoms with Gasteiger partial charge >= 0.3 is 0 Å². The van der Waals surface area contributed by atoms with E-state index in [0.717, 1.165) is 25.0 Å². The highest BCUT2D eigenvalue weighted by molar-refractivity contribution is 5.96. The molecular weight excluding hydrogens is 260 g/mol. The van der Waals surface area contributed by atoms with E-state index in [9.17, 15) is 4.79 Å². The van der Waals surface area contributed by atoms with Crippen LogP contribution in [0.4, 0.5) is 0 Å². The molecule has 1 N–H and O–H groups in total. The predicted molar refractivity (Wildman–Crippen MR) is 88.7 cm³/mol. The maximum absolute atomic E-state index is 12.6. The second-order valence-corrected chi connectivity index (χ2v) is 6.20. The first-order valence-corrected chi connectivity index (χ1v) is 8.75. The molecular formula is C18H32N2O. The van der Waals surface area contributed by atoms with Gasteiger partial charge in [0.2, 0.25) is 0 Å². The monoisotopic (exact) mass is 292 g/mol. The van der Waals surface area contributed by atoms with E-state index in [1.165, 1.54) is 44.9 Å². The van der Waals surface area contributed by atoms with E-state index in [0.29, 0.717) is 5.69 Å². The maximum Gasteiger partial charge on any atom is 0.186 e. The molecule has 1 atom stereocenters. The Hall–Kier alpha value is -1.12. The molecule has 0 aliphatic rings.